The SMILES string of the molecule is CCCC(C)Oc1ccc(CC(C)N)cc1Br. The number of halogens is 1. The van der Waals surface area contributed by atoms with Crippen LogP contribution in [0.1, 0.15) is 39.2 Å². The van der Waals surface area contributed by atoms with Gasteiger partial charge >= 0.3 is 0 Å². The molecule has 0 spiro atoms. The Morgan fingerprint density at radius 3 is 2.59 bits per heavy atom. The van der Waals surface area contributed by atoms with Gasteiger partial charge in [-0.25, -0.2) is 0 Å². The Morgan fingerprint density at radius 2 is 2.06 bits per heavy atom. The van der Waals surface area contributed by atoms with Crippen LogP contribution in [-0.2, 0) is 6.42 Å². The zero-order valence-electron chi connectivity index (χ0n) is 10.9. The van der Waals surface area contributed by atoms with Gasteiger partial charge in [-0.3, -0.25) is 0 Å². The minimum absolute atomic E-state index is 0.188. The fourth-order valence-corrected chi connectivity index (χ4v) is 2.34. The van der Waals surface area contributed by atoms with E-state index >= 15 is 0 Å². The van der Waals surface area contributed by atoms with Crippen molar-refractivity contribution in [2.75, 3.05) is 0 Å². The summed E-state index contributed by atoms with van der Waals surface area (Å²) in [6.45, 7) is 6.29. The van der Waals surface area contributed by atoms with E-state index in [-0.39, 0.29) is 12.1 Å². The molecule has 0 aliphatic carbocycles. The zero-order valence-corrected chi connectivity index (χ0v) is 12.5. The van der Waals surface area contributed by atoms with Gasteiger partial charge in [0.2, 0.25) is 0 Å². The topological polar surface area (TPSA) is 35.2 Å². The van der Waals surface area contributed by atoms with E-state index in [0.717, 1.165) is 29.5 Å². The fraction of sp³-hybridized carbons (Fsp3) is 0.571. The number of ether oxygens (including phenoxy) is 1. The maximum atomic E-state index is 5.87. The summed E-state index contributed by atoms with van der Waals surface area (Å²) in [5.74, 6) is 0.916. The summed E-state index contributed by atoms with van der Waals surface area (Å²) in [5.41, 5.74) is 7.02. The van der Waals surface area contributed by atoms with E-state index in [1.54, 1.807) is 0 Å². The Kier molecular flexibility index (Phi) is 6.00. The monoisotopic (exact) mass is 299 g/mol. The highest BCUT2D eigenvalue weighted by atomic mass is 79.9. The van der Waals surface area contributed by atoms with E-state index in [9.17, 15) is 0 Å². The van der Waals surface area contributed by atoms with Gasteiger partial charge in [0.15, 0.2) is 0 Å². The van der Waals surface area contributed by atoms with Crippen molar-refractivity contribution in [3.05, 3.63) is 28.2 Å². The molecule has 1 rings (SSSR count). The summed E-state index contributed by atoms with van der Waals surface area (Å²) in [7, 11) is 0. The minimum atomic E-state index is 0.188. The molecule has 1 aromatic rings. The van der Waals surface area contributed by atoms with E-state index < -0.39 is 0 Å². The maximum absolute atomic E-state index is 5.87. The standard InChI is InChI=1S/C14H22BrNO/c1-4-5-11(3)17-14-7-6-12(8-10(2)16)9-13(14)15/h6-7,9-11H,4-5,8,16H2,1-3H3. The highest BCUT2D eigenvalue weighted by Gasteiger charge is 2.08. The Bertz CT molecular complexity index is 352. The van der Waals surface area contributed by atoms with Crippen molar-refractivity contribution in [2.24, 2.45) is 5.73 Å². The molecule has 0 aromatic heterocycles. The summed E-state index contributed by atoms with van der Waals surface area (Å²) in [6, 6.07) is 6.39. The Balaban J connectivity index is 2.69. The molecule has 0 aliphatic rings. The molecule has 0 fully saturated rings. The number of nitrogens with two attached hydrogens (primary N) is 1. The lowest BCUT2D eigenvalue weighted by atomic mass is 10.1. The average Bonchev–Trinajstić information content (AvgIpc) is 2.21. The average molecular weight is 300 g/mol. The summed E-state index contributed by atoms with van der Waals surface area (Å²) in [4.78, 5) is 0. The van der Waals surface area contributed by atoms with Crippen molar-refractivity contribution in [2.45, 2.75) is 52.2 Å². The Hall–Kier alpha value is -0.540. The molecular formula is C14H22BrNO. The molecule has 2 nitrogen and oxygen atoms in total. The number of hydrogen-bond donors (Lipinski definition) is 1. The van der Waals surface area contributed by atoms with Crippen LogP contribution in [0.2, 0.25) is 0 Å². The lowest BCUT2D eigenvalue weighted by Gasteiger charge is -2.16. The van der Waals surface area contributed by atoms with Gasteiger partial charge in [0, 0.05) is 6.04 Å². The van der Waals surface area contributed by atoms with Gasteiger partial charge in [0.25, 0.3) is 0 Å². The van der Waals surface area contributed by atoms with Gasteiger partial charge in [-0.15, -0.1) is 0 Å². The number of hydrogen-bond acceptors (Lipinski definition) is 2. The van der Waals surface area contributed by atoms with Crippen LogP contribution in [0.15, 0.2) is 22.7 Å². The van der Waals surface area contributed by atoms with Crippen molar-refractivity contribution in [1.82, 2.24) is 0 Å². The number of rotatable bonds is 6. The largest absolute Gasteiger partial charge is 0.490 e. The van der Waals surface area contributed by atoms with Gasteiger partial charge < -0.3 is 10.5 Å². The van der Waals surface area contributed by atoms with Crippen molar-refractivity contribution in [3.8, 4) is 5.75 Å². The molecule has 0 heterocycles. The third kappa shape index (κ3) is 5.09. The molecule has 0 bridgehead atoms. The van der Waals surface area contributed by atoms with E-state index in [1.165, 1.54) is 5.56 Å². The quantitative estimate of drug-likeness (QED) is 0.864. The van der Waals surface area contributed by atoms with Crippen LogP contribution in [0.4, 0.5) is 0 Å². The second kappa shape index (κ2) is 7.02. The molecule has 0 saturated heterocycles. The van der Waals surface area contributed by atoms with Crippen LogP contribution in [0.25, 0.3) is 0 Å². The third-order valence-corrected chi connectivity index (χ3v) is 3.20. The first-order chi connectivity index (χ1) is 8.02. The molecule has 2 atom stereocenters. The normalized spacial score (nSPS) is 14.4. The predicted molar refractivity (Wildman–Crippen MR) is 76.5 cm³/mol. The van der Waals surface area contributed by atoms with E-state index in [4.69, 9.17) is 10.5 Å². The van der Waals surface area contributed by atoms with E-state index in [0.29, 0.717) is 0 Å². The smallest absolute Gasteiger partial charge is 0.133 e. The maximum Gasteiger partial charge on any atom is 0.133 e. The zero-order chi connectivity index (χ0) is 12.8. The molecule has 3 heteroatoms. The second-order valence-electron chi connectivity index (χ2n) is 4.66. The molecular weight excluding hydrogens is 278 g/mol. The van der Waals surface area contributed by atoms with Crippen LogP contribution in [-0.4, -0.2) is 12.1 Å². The van der Waals surface area contributed by atoms with E-state index in [1.807, 2.05) is 13.0 Å². The van der Waals surface area contributed by atoms with Gasteiger partial charge in [-0.2, -0.15) is 0 Å². The highest BCUT2D eigenvalue weighted by Crippen LogP contribution is 2.27. The molecule has 1 aromatic carbocycles. The van der Waals surface area contributed by atoms with Crippen molar-refractivity contribution in [3.63, 3.8) is 0 Å². The molecule has 2 N–H and O–H groups in total. The number of benzene rings is 1. The Labute approximate surface area is 113 Å². The molecule has 0 radical (unpaired) electrons. The first kappa shape index (κ1) is 14.5. The first-order valence-corrected chi connectivity index (χ1v) is 7.03. The van der Waals surface area contributed by atoms with Gasteiger partial charge in [0.05, 0.1) is 10.6 Å². The van der Waals surface area contributed by atoms with Crippen molar-refractivity contribution >= 4 is 15.9 Å². The van der Waals surface area contributed by atoms with Crippen LogP contribution in [0.3, 0.4) is 0 Å². The van der Waals surface area contributed by atoms with E-state index in [2.05, 4.69) is 41.9 Å². The highest BCUT2D eigenvalue weighted by molar-refractivity contribution is 9.10. The minimum Gasteiger partial charge on any atom is -0.490 e. The summed E-state index contributed by atoms with van der Waals surface area (Å²) in [6.07, 6.45) is 3.37. The molecule has 2 unspecified atom stereocenters. The molecule has 17 heavy (non-hydrogen) atoms. The third-order valence-electron chi connectivity index (χ3n) is 2.58. The van der Waals surface area contributed by atoms with Crippen molar-refractivity contribution < 1.29 is 4.74 Å². The summed E-state index contributed by atoms with van der Waals surface area (Å²) < 4.78 is 6.88. The summed E-state index contributed by atoms with van der Waals surface area (Å²) >= 11 is 3.55. The Morgan fingerprint density at radius 1 is 1.35 bits per heavy atom. The lowest BCUT2D eigenvalue weighted by molar-refractivity contribution is 0.208. The molecule has 0 saturated carbocycles. The summed E-state index contributed by atoms with van der Waals surface area (Å²) in [5, 5.41) is 0. The lowest BCUT2D eigenvalue weighted by Crippen LogP contribution is -2.17. The van der Waals surface area contributed by atoms with Crippen LogP contribution >= 0.6 is 15.9 Å². The molecule has 0 amide bonds. The fourth-order valence-electron chi connectivity index (χ4n) is 1.82. The predicted octanol–water partition coefficient (Wildman–Crippen LogP) is 3.91. The van der Waals surface area contributed by atoms with Gasteiger partial charge in [-0.1, -0.05) is 19.4 Å². The van der Waals surface area contributed by atoms with Crippen LogP contribution in [0, 0.1) is 0 Å². The van der Waals surface area contributed by atoms with Gasteiger partial charge in [0.1, 0.15) is 5.75 Å². The van der Waals surface area contributed by atoms with Crippen LogP contribution < -0.4 is 10.5 Å². The van der Waals surface area contributed by atoms with Gasteiger partial charge in [-0.05, 0) is 60.3 Å². The first-order valence-electron chi connectivity index (χ1n) is 6.23. The second-order valence-corrected chi connectivity index (χ2v) is 5.52. The van der Waals surface area contributed by atoms with Crippen LogP contribution in [0.5, 0.6) is 5.75 Å². The molecule has 96 valence electrons. The molecule has 0 aliphatic heterocycles. The van der Waals surface area contributed by atoms with Crippen molar-refractivity contribution in [1.29, 1.82) is 0 Å².